The number of primary amides is 1. The minimum absolute atomic E-state index is 0.373. The van der Waals surface area contributed by atoms with E-state index in [0.717, 1.165) is 38.3 Å². The van der Waals surface area contributed by atoms with Gasteiger partial charge in [-0.05, 0) is 37.2 Å². The van der Waals surface area contributed by atoms with Gasteiger partial charge in [0.2, 0.25) is 5.91 Å². The second-order valence-electron chi connectivity index (χ2n) is 5.13. The molecule has 0 unspecified atom stereocenters. The van der Waals surface area contributed by atoms with Crippen molar-refractivity contribution in [3.8, 4) is 0 Å². The van der Waals surface area contributed by atoms with Crippen LogP contribution in [0.25, 0.3) is 0 Å². The smallest absolute Gasteiger partial charge is 0.248 e. The van der Waals surface area contributed by atoms with Crippen molar-refractivity contribution >= 4 is 5.91 Å². The molecule has 1 heterocycles. The van der Waals surface area contributed by atoms with E-state index >= 15 is 0 Å². The van der Waals surface area contributed by atoms with Gasteiger partial charge in [0.1, 0.15) is 0 Å². The molecule has 1 saturated heterocycles. The summed E-state index contributed by atoms with van der Waals surface area (Å²) >= 11 is 0. The zero-order chi connectivity index (χ0) is 13.8. The number of rotatable bonds is 4. The minimum atomic E-state index is -0.373. The topological polar surface area (TPSA) is 61.6 Å². The molecule has 0 saturated carbocycles. The van der Waals surface area contributed by atoms with E-state index in [4.69, 9.17) is 5.73 Å². The number of nitrogens with one attached hydrogen (secondary N) is 1. The third-order valence-corrected chi connectivity index (χ3v) is 3.62. The van der Waals surface area contributed by atoms with Gasteiger partial charge in [-0.25, -0.2) is 5.01 Å². The number of aryl methyl sites for hydroxylation is 1. The maximum absolute atomic E-state index is 11.1. The Morgan fingerprint density at radius 1 is 1.32 bits per heavy atom. The Labute approximate surface area is 114 Å². The third-order valence-electron chi connectivity index (χ3n) is 3.62. The van der Waals surface area contributed by atoms with Crippen LogP contribution in [0.2, 0.25) is 0 Å². The maximum atomic E-state index is 11.1. The van der Waals surface area contributed by atoms with Crippen LogP contribution < -0.4 is 11.2 Å². The van der Waals surface area contributed by atoms with E-state index in [1.165, 1.54) is 5.56 Å². The number of carbonyl (C=O) groups excluding carboxylic acids is 1. The molecule has 0 atom stereocenters. The molecule has 3 N–H and O–H groups in total. The van der Waals surface area contributed by atoms with Gasteiger partial charge in [0, 0.05) is 38.3 Å². The summed E-state index contributed by atoms with van der Waals surface area (Å²) < 4.78 is 0. The molecule has 0 aliphatic carbocycles. The standard InChI is InChI=1S/C14H22N4O/c1-11-9-12(14(15)19)3-4-13(11)10-16-18-7-5-17(2)6-8-18/h3-4,9,16H,5-8,10H2,1-2H3,(H2,15,19). The van der Waals surface area contributed by atoms with Crippen LogP contribution in [0.15, 0.2) is 18.2 Å². The van der Waals surface area contributed by atoms with E-state index in [9.17, 15) is 4.79 Å². The van der Waals surface area contributed by atoms with E-state index in [-0.39, 0.29) is 5.91 Å². The molecule has 5 nitrogen and oxygen atoms in total. The number of nitrogens with zero attached hydrogens (tertiary/aromatic N) is 2. The molecule has 1 amide bonds. The lowest BCUT2D eigenvalue weighted by molar-refractivity contribution is 0.0999. The van der Waals surface area contributed by atoms with E-state index in [1.807, 2.05) is 19.1 Å². The molecule has 5 heteroatoms. The monoisotopic (exact) mass is 262 g/mol. The molecular weight excluding hydrogens is 240 g/mol. The van der Waals surface area contributed by atoms with Crippen LogP contribution in [-0.4, -0.2) is 49.0 Å². The molecular formula is C14H22N4O. The van der Waals surface area contributed by atoms with Crippen molar-refractivity contribution in [3.05, 3.63) is 34.9 Å². The quantitative estimate of drug-likeness (QED) is 0.822. The number of hydrogen-bond acceptors (Lipinski definition) is 4. The van der Waals surface area contributed by atoms with Crippen molar-refractivity contribution in [1.29, 1.82) is 0 Å². The van der Waals surface area contributed by atoms with Crippen LogP contribution in [0.4, 0.5) is 0 Å². The summed E-state index contributed by atoms with van der Waals surface area (Å²) in [6, 6.07) is 5.61. The van der Waals surface area contributed by atoms with Crippen LogP contribution in [0.1, 0.15) is 21.5 Å². The van der Waals surface area contributed by atoms with Gasteiger partial charge in [-0.15, -0.1) is 0 Å². The lowest BCUT2D eigenvalue weighted by Crippen LogP contribution is -2.50. The van der Waals surface area contributed by atoms with E-state index < -0.39 is 0 Å². The Kier molecular flexibility index (Phi) is 4.52. The first-order valence-electron chi connectivity index (χ1n) is 6.62. The molecule has 1 aliphatic heterocycles. The van der Waals surface area contributed by atoms with Crippen LogP contribution in [-0.2, 0) is 6.54 Å². The van der Waals surface area contributed by atoms with E-state index in [1.54, 1.807) is 6.07 Å². The zero-order valence-electron chi connectivity index (χ0n) is 11.6. The Morgan fingerprint density at radius 2 is 2.00 bits per heavy atom. The summed E-state index contributed by atoms with van der Waals surface area (Å²) in [6.07, 6.45) is 0. The highest BCUT2D eigenvalue weighted by Crippen LogP contribution is 2.11. The van der Waals surface area contributed by atoms with Gasteiger partial charge >= 0.3 is 0 Å². The van der Waals surface area contributed by atoms with Crippen molar-refractivity contribution < 1.29 is 4.79 Å². The number of piperazine rings is 1. The van der Waals surface area contributed by atoms with Gasteiger partial charge in [0.25, 0.3) is 0 Å². The number of benzene rings is 1. The first-order valence-corrected chi connectivity index (χ1v) is 6.62. The number of hydrazine groups is 1. The van der Waals surface area contributed by atoms with Crippen LogP contribution in [0, 0.1) is 6.92 Å². The molecule has 1 aromatic rings. The van der Waals surface area contributed by atoms with Crippen molar-refractivity contribution in [2.45, 2.75) is 13.5 Å². The lowest BCUT2D eigenvalue weighted by atomic mass is 10.0. The minimum Gasteiger partial charge on any atom is -0.366 e. The molecule has 0 radical (unpaired) electrons. The van der Waals surface area contributed by atoms with Crippen molar-refractivity contribution in [2.75, 3.05) is 33.2 Å². The van der Waals surface area contributed by atoms with Gasteiger partial charge in [-0.2, -0.15) is 0 Å². The first-order chi connectivity index (χ1) is 9.06. The van der Waals surface area contributed by atoms with Crippen LogP contribution >= 0.6 is 0 Å². The number of nitrogens with two attached hydrogens (primary N) is 1. The van der Waals surface area contributed by atoms with Crippen LogP contribution in [0.3, 0.4) is 0 Å². The van der Waals surface area contributed by atoms with Crippen molar-refractivity contribution in [2.24, 2.45) is 5.73 Å². The Bertz CT molecular complexity index is 453. The Balaban J connectivity index is 1.91. The number of amides is 1. The average molecular weight is 262 g/mol. The molecule has 1 aliphatic rings. The summed E-state index contributed by atoms with van der Waals surface area (Å²) in [7, 11) is 2.14. The highest BCUT2D eigenvalue weighted by molar-refractivity contribution is 5.93. The Hall–Kier alpha value is -1.43. The fourth-order valence-corrected chi connectivity index (χ4v) is 2.21. The van der Waals surface area contributed by atoms with Gasteiger partial charge in [0.15, 0.2) is 0 Å². The molecule has 0 spiro atoms. The third kappa shape index (κ3) is 3.76. The predicted molar refractivity (Wildman–Crippen MR) is 75.6 cm³/mol. The number of hydrogen-bond donors (Lipinski definition) is 2. The largest absolute Gasteiger partial charge is 0.366 e. The van der Waals surface area contributed by atoms with Crippen LogP contribution in [0.5, 0.6) is 0 Å². The highest BCUT2D eigenvalue weighted by atomic mass is 16.1. The fourth-order valence-electron chi connectivity index (χ4n) is 2.21. The lowest BCUT2D eigenvalue weighted by Gasteiger charge is -2.32. The molecule has 104 valence electrons. The molecule has 0 bridgehead atoms. The second-order valence-corrected chi connectivity index (χ2v) is 5.13. The van der Waals surface area contributed by atoms with Gasteiger partial charge in [-0.1, -0.05) is 6.07 Å². The number of likely N-dealkylation sites (N-methyl/N-ethyl adjacent to an activating group) is 1. The Morgan fingerprint density at radius 3 is 2.58 bits per heavy atom. The average Bonchev–Trinajstić information content (AvgIpc) is 2.39. The first kappa shape index (κ1) is 14.0. The maximum Gasteiger partial charge on any atom is 0.248 e. The van der Waals surface area contributed by atoms with Gasteiger partial charge in [-0.3, -0.25) is 10.2 Å². The normalized spacial score (nSPS) is 17.6. The van der Waals surface area contributed by atoms with E-state index in [2.05, 4.69) is 22.4 Å². The second kappa shape index (κ2) is 6.14. The SMILES string of the molecule is Cc1cc(C(N)=O)ccc1CNN1CCN(C)CC1. The molecule has 0 aromatic heterocycles. The fraction of sp³-hybridized carbons (Fsp3) is 0.500. The molecule has 2 rings (SSSR count). The molecule has 1 fully saturated rings. The zero-order valence-corrected chi connectivity index (χ0v) is 11.6. The highest BCUT2D eigenvalue weighted by Gasteiger charge is 2.13. The van der Waals surface area contributed by atoms with E-state index in [0.29, 0.717) is 5.56 Å². The molecule has 1 aromatic carbocycles. The summed E-state index contributed by atoms with van der Waals surface area (Å²) in [5.74, 6) is -0.373. The summed E-state index contributed by atoms with van der Waals surface area (Å²) in [4.78, 5) is 13.4. The summed E-state index contributed by atoms with van der Waals surface area (Å²) in [6.45, 7) is 7.05. The van der Waals surface area contributed by atoms with Crippen molar-refractivity contribution in [3.63, 3.8) is 0 Å². The van der Waals surface area contributed by atoms with Gasteiger partial charge < -0.3 is 10.6 Å². The van der Waals surface area contributed by atoms with Gasteiger partial charge in [0.05, 0.1) is 0 Å². The van der Waals surface area contributed by atoms with Crippen molar-refractivity contribution in [1.82, 2.24) is 15.3 Å². The molecule has 19 heavy (non-hydrogen) atoms. The predicted octanol–water partition coefficient (Wildman–Crippen LogP) is 0.346. The summed E-state index contributed by atoms with van der Waals surface area (Å²) in [5.41, 5.74) is 11.6. The number of carbonyl (C=O) groups is 1. The summed E-state index contributed by atoms with van der Waals surface area (Å²) in [5, 5.41) is 2.25.